The fraction of sp³-hybridized carbons (Fsp3) is 1.00. The lowest BCUT2D eigenvalue weighted by molar-refractivity contribution is 0.0318. The van der Waals surface area contributed by atoms with Crippen molar-refractivity contribution in [3.8, 4) is 0 Å². The van der Waals surface area contributed by atoms with Crippen molar-refractivity contribution in [2.24, 2.45) is 11.8 Å². The van der Waals surface area contributed by atoms with E-state index in [-0.39, 0.29) is 0 Å². The third kappa shape index (κ3) is 18.3. The Morgan fingerprint density at radius 2 is 1.04 bits per heavy atom. The van der Waals surface area contributed by atoms with E-state index in [0.29, 0.717) is 5.92 Å². The maximum atomic E-state index is 5.94. The van der Waals surface area contributed by atoms with Gasteiger partial charge in [0.2, 0.25) is 0 Å². The van der Waals surface area contributed by atoms with Crippen molar-refractivity contribution in [3.05, 3.63) is 0 Å². The molecule has 0 aromatic rings. The number of rotatable bonds is 19. The van der Waals surface area contributed by atoms with Gasteiger partial charge in [-0.05, 0) is 25.2 Å². The zero-order valence-electron chi connectivity index (χ0n) is 17.3. The van der Waals surface area contributed by atoms with Gasteiger partial charge in [-0.1, -0.05) is 85.5 Å². The van der Waals surface area contributed by atoms with E-state index in [4.69, 9.17) is 9.47 Å². The van der Waals surface area contributed by atoms with Gasteiger partial charge >= 0.3 is 0 Å². The van der Waals surface area contributed by atoms with E-state index in [1.54, 1.807) is 0 Å². The lowest BCUT2D eigenvalue weighted by atomic mass is 9.99. The highest BCUT2D eigenvalue weighted by Crippen LogP contribution is 2.14. The molecule has 0 aromatic carbocycles. The van der Waals surface area contributed by atoms with Gasteiger partial charge in [-0.3, -0.25) is 0 Å². The summed E-state index contributed by atoms with van der Waals surface area (Å²) < 4.78 is 11.9. The fourth-order valence-corrected chi connectivity index (χ4v) is 2.90. The van der Waals surface area contributed by atoms with Crippen LogP contribution in [0.3, 0.4) is 0 Å². The summed E-state index contributed by atoms with van der Waals surface area (Å²) in [4.78, 5) is 0. The number of hydrogen-bond donors (Lipinski definition) is 0. The van der Waals surface area contributed by atoms with E-state index in [1.165, 1.54) is 77.0 Å². The molecule has 0 spiro atoms. The van der Waals surface area contributed by atoms with Crippen LogP contribution in [0.25, 0.3) is 0 Å². The summed E-state index contributed by atoms with van der Waals surface area (Å²) in [6.07, 6.45) is 15.7. The lowest BCUT2D eigenvalue weighted by Gasteiger charge is -2.18. The quantitative estimate of drug-likeness (QED) is 0.235. The Balaban J connectivity index is 3.68. The molecule has 0 rings (SSSR count). The highest BCUT2D eigenvalue weighted by molar-refractivity contribution is 4.60. The molecule has 0 bridgehead atoms. The summed E-state index contributed by atoms with van der Waals surface area (Å²) in [6, 6.07) is 0. The van der Waals surface area contributed by atoms with Crippen LogP contribution in [0, 0.1) is 11.8 Å². The molecule has 0 aliphatic heterocycles. The van der Waals surface area contributed by atoms with Crippen molar-refractivity contribution in [2.75, 3.05) is 26.4 Å². The monoisotopic (exact) mass is 342 g/mol. The summed E-state index contributed by atoms with van der Waals surface area (Å²) in [5, 5.41) is 0. The highest BCUT2D eigenvalue weighted by Gasteiger charge is 2.10. The predicted octanol–water partition coefficient (Wildman–Crippen LogP) is 7.01. The molecule has 0 unspecified atom stereocenters. The standard InChI is InChI=1S/C22H46O2/c1-5-7-9-11-13-17-23-19-22(16-15-21(3)4)20-24-18-14-12-10-8-6-2/h21-22H,5-20H2,1-4H3. The average Bonchev–Trinajstić information content (AvgIpc) is 2.57. The van der Waals surface area contributed by atoms with Crippen molar-refractivity contribution in [3.63, 3.8) is 0 Å². The van der Waals surface area contributed by atoms with Crippen molar-refractivity contribution in [2.45, 2.75) is 105 Å². The van der Waals surface area contributed by atoms with Crippen LogP contribution in [0.5, 0.6) is 0 Å². The van der Waals surface area contributed by atoms with Crippen LogP contribution in [0.2, 0.25) is 0 Å². The summed E-state index contributed by atoms with van der Waals surface area (Å²) >= 11 is 0. The van der Waals surface area contributed by atoms with Crippen molar-refractivity contribution >= 4 is 0 Å². The first-order chi connectivity index (χ1) is 11.7. The second-order valence-corrected chi connectivity index (χ2v) is 7.82. The Morgan fingerprint density at radius 3 is 1.46 bits per heavy atom. The smallest absolute Gasteiger partial charge is 0.0516 e. The molecule has 24 heavy (non-hydrogen) atoms. The molecule has 0 aliphatic carbocycles. The van der Waals surface area contributed by atoms with Crippen LogP contribution >= 0.6 is 0 Å². The Kier molecular flexibility index (Phi) is 19.2. The van der Waals surface area contributed by atoms with E-state index in [9.17, 15) is 0 Å². The van der Waals surface area contributed by atoms with Crippen LogP contribution in [0.4, 0.5) is 0 Å². The molecule has 0 heterocycles. The lowest BCUT2D eigenvalue weighted by Crippen LogP contribution is -2.18. The van der Waals surface area contributed by atoms with Gasteiger partial charge in [-0.15, -0.1) is 0 Å². The first-order valence-electron chi connectivity index (χ1n) is 10.9. The van der Waals surface area contributed by atoms with E-state index in [0.717, 1.165) is 32.3 Å². The second-order valence-electron chi connectivity index (χ2n) is 7.82. The highest BCUT2D eigenvalue weighted by atomic mass is 16.5. The summed E-state index contributed by atoms with van der Waals surface area (Å²) in [5.41, 5.74) is 0. The zero-order valence-corrected chi connectivity index (χ0v) is 17.3. The molecule has 0 amide bonds. The van der Waals surface area contributed by atoms with Crippen LogP contribution < -0.4 is 0 Å². The van der Waals surface area contributed by atoms with Crippen molar-refractivity contribution in [1.29, 1.82) is 0 Å². The molecule has 2 heteroatoms. The zero-order chi connectivity index (χ0) is 17.9. The number of ether oxygens (including phenoxy) is 2. The van der Waals surface area contributed by atoms with Gasteiger partial charge in [0.1, 0.15) is 0 Å². The van der Waals surface area contributed by atoms with Gasteiger partial charge < -0.3 is 9.47 Å². The number of hydrogen-bond acceptors (Lipinski definition) is 2. The van der Waals surface area contributed by atoms with Gasteiger partial charge in [0.15, 0.2) is 0 Å². The first-order valence-corrected chi connectivity index (χ1v) is 10.9. The van der Waals surface area contributed by atoms with Crippen LogP contribution in [0.1, 0.15) is 105 Å². The van der Waals surface area contributed by atoms with Crippen molar-refractivity contribution in [1.82, 2.24) is 0 Å². The maximum Gasteiger partial charge on any atom is 0.0516 e. The minimum atomic E-state index is 0.582. The maximum absolute atomic E-state index is 5.94. The first kappa shape index (κ1) is 23.9. The van der Waals surface area contributed by atoms with E-state index >= 15 is 0 Å². The SMILES string of the molecule is CCCCCCCOCC(CCC(C)C)COCCCCCCC. The third-order valence-electron chi connectivity index (χ3n) is 4.64. The summed E-state index contributed by atoms with van der Waals surface area (Å²) in [6.45, 7) is 12.8. The predicted molar refractivity (Wildman–Crippen MR) is 107 cm³/mol. The molecule has 146 valence electrons. The molecule has 0 aromatic heterocycles. The van der Waals surface area contributed by atoms with E-state index in [1.807, 2.05) is 0 Å². The third-order valence-corrected chi connectivity index (χ3v) is 4.64. The molecule has 0 fully saturated rings. The molecule has 2 nitrogen and oxygen atoms in total. The number of unbranched alkanes of at least 4 members (excludes halogenated alkanes) is 8. The molecule has 0 atom stereocenters. The minimum Gasteiger partial charge on any atom is -0.381 e. The summed E-state index contributed by atoms with van der Waals surface area (Å²) in [7, 11) is 0. The molecule has 0 radical (unpaired) electrons. The van der Waals surface area contributed by atoms with Gasteiger partial charge in [-0.2, -0.15) is 0 Å². The molecule has 0 N–H and O–H groups in total. The van der Waals surface area contributed by atoms with Gasteiger partial charge in [0, 0.05) is 19.1 Å². The van der Waals surface area contributed by atoms with Crippen molar-refractivity contribution < 1.29 is 9.47 Å². The normalized spacial score (nSPS) is 11.8. The Hall–Kier alpha value is -0.0800. The minimum absolute atomic E-state index is 0.582. The second kappa shape index (κ2) is 19.2. The van der Waals surface area contributed by atoms with Gasteiger partial charge in [0.05, 0.1) is 13.2 Å². The molecular weight excluding hydrogens is 296 g/mol. The Morgan fingerprint density at radius 1 is 0.583 bits per heavy atom. The van der Waals surface area contributed by atoms with E-state index in [2.05, 4.69) is 27.7 Å². The Bertz CT molecular complexity index is 210. The van der Waals surface area contributed by atoms with Gasteiger partial charge in [0.25, 0.3) is 0 Å². The fourth-order valence-electron chi connectivity index (χ4n) is 2.90. The topological polar surface area (TPSA) is 18.5 Å². The molecule has 0 saturated heterocycles. The molecule has 0 aliphatic rings. The van der Waals surface area contributed by atoms with Crippen LogP contribution in [0.15, 0.2) is 0 Å². The van der Waals surface area contributed by atoms with E-state index < -0.39 is 0 Å². The Labute approximate surface area is 153 Å². The molecule has 0 saturated carbocycles. The van der Waals surface area contributed by atoms with Crippen LogP contribution in [-0.2, 0) is 9.47 Å². The largest absolute Gasteiger partial charge is 0.381 e. The van der Waals surface area contributed by atoms with Crippen LogP contribution in [-0.4, -0.2) is 26.4 Å². The van der Waals surface area contributed by atoms with Gasteiger partial charge in [-0.25, -0.2) is 0 Å². The average molecular weight is 343 g/mol. The summed E-state index contributed by atoms with van der Waals surface area (Å²) in [5.74, 6) is 1.36. The molecular formula is C22H46O2.